The lowest BCUT2D eigenvalue weighted by Gasteiger charge is -2.17. The van der Waals surface area contributed by atoms with Crippen LogP contribution in [0.1, 0.15) is 16.7 Å². The Morgan fingerprint density at radius 1 is 0.889 bits per heavy atom. The van der Waals surface area contributed by atoms with Crippen molar-refractivity contribution in [2.45, 2.75) is 23.6 Å². The number of ether oxygens (including phenoxy) is 3. The number of halogens is 3. The average Bonchev–Trinajstić information content (AvgIpc) is 2.88. The quantitative estimate of drug-likeness (QED) is 0.234. The van der Waals surface area contributed by atoms with Crippen LogP contribution in [0, 0.1) is 5.41 Å². The molecule has 1 heterocycles. The first-order valence-electron chi connectivity index (χ1n) is 10.9. The normalized spacial score (nSPS) is 11.5. The lowest BCUT2D eigenvalue weighted by molar-refractivity contribution is -0.137. The summed E-state index contributed by atoms with van der Waals surface area (Å²) < 4.78 is 57.6. The van der Waals surface area contributed by atoms with Crippen LogP contribution in [0.5, 0.6) is 17.2 Å². The summed E-state index contributed by atoms with van der Waals surface area (Å²) in [5.74, 6) is 2.14. The molecule has 3 aromatic carbocycles. The second-order valence-corrected chi connectivity index (χ2v) is 8.83. The molecule has 0 bridgehead atoms. The van der Waals surface area contributed by atoms with Crippen LogP contribution in [0.15, 0.2) is 65.8 Å². The molecule has 6 nitrogen and oxygen atoms in total. The van der Waals surface area contributed by atoms with Gasteiger partial charge in [-0.05, 0) is 41.5 Å². The van der Waals surface area contributed by atoms with Crippen molar-refractivity contribution >= 4 is 22.7 Å². The summed E-state index contributed by atoms with van der Waals surface area (Å²) in [6.45, 7) is 0.0421. The summed E-state index contributed by atoms with van der Waals surface area (Å²) >= 11 is 1.38. The van der Waals surface area contributed by atoms with E-state index in [1.54, 1.807) is 29.9 Å². The Morgan fingerprint density at radius 2 is 1.58 bits per heavy atom. The Balaban J connectivity index is 1.81. The van der Waals surface area contributed by atoms with Crippen molar-refractivity contribution in [3.63, 3.8) is 0 Å². The van der Waals surface area contributed by atoms with Gasteiger partial charge in [0.1, 0.15) is 11.2 Å². The molecular formula is C26H24F3N3O3S. The molecule has 1 N–H and O–H groups in total. The number of benzene rings is 3. The molecule has 0 spiro atoms. The van der Waals surface area contributed by atoms with Gasteiger partial charge >= 0.3 is 6.18 Å². The number of methoxy groups -OCH3 is 3. The number of fused-ring (bicyclic) bond motifs is 1. The van der Waals surface area contributed by atoms with Crippen LogP contribution in [0.25, 0.3) is 10.9 Å². The Labute approximate surface area is 210 Å². The van der Waals surface area contributed by atoms with Crippen LogP contribution < -0.4 is 19.7 Å². The maximum atomic E-state index is 13.3. The van der Waals surface area contributed by atoms with Crippen LogP contribution in [-0.2, 0) is 18.5 Å². The zero-order valence-corrected chi connectivity index (χ0v) is 20.7. The number of aromatic nitrogens is 2. The second kappa shape index (κ2) is 10.5. The Bertz CT molecular complexity index is 1450. The Morgan fingerprint density at radius 3 is 2.28 bits per heavy atom. The molecule has 10 heteroatoms. The van der Waals surface area contributed by atoms with Crippen molar-refractivity contribution in [2.75, 3.05) is 21.3 Å². The minimum absolute atomic E-state index is 0.0421. The summed E-state index contributed by atoms with van der Waals surface area (Å²) in [7, 11) is 4.60. The van der Waals surface area contributed by atoms with E-state index in [9.17, 15) is 13.2 Å². The molecule has 0 amide bonds. The Kier molecular flexibility index (Phi) is 7.44. The predicted octanol–water partition coefficient (Wildman–Crippen LogP) is 5.90. The predicted molar refractivity (Wildman–Crippen MR) is 132 cm³/mol. The molecule has 0 unspecified atom stereocenters. The zero-order valence-electron chi connectivity index (χ0n) is 19.8. The van der Waals surface area contributed by atoms with Crippen LogP contribution >= 0.6 is 11.8 Å². The monoisotopic (exact) mass is 515 g/mol. The summed E-state index contributed by atoms with van der Waals surface area (Å²) in [5.41, 5.74) is 1.27. The van der Waals surface area contributed by atoms with E-state index in [-0.39, 0.29) is 12.0 Å². The number of alkyl halides is 3. The fourth-order valence-electron chi connectivity index (χ4n) is 3.75. The van der Waals surface area contributed by atoms with Gasteiger partial charge in [-0.2, -0.15) is 13.2 Å². The van der Waals surface area contributed by atoms with Crippen molar-refractivity contribution in [1.82, 2.24) is 9.55 Å². The van der Waals surface area contributed by atoms with Crippen molar-refractivity contribution in [3.05, 3.63) is 82.8 Å². The first-order valence-corrected chi connectivity index (χ1v) is 11.8. The van der Waals surface area contributed by atoms with Crippen molar-refractivity contribution in [3.8, 4) is 17.2 Å². The highest BCUT2D eigenvalue weighted by molar-refractivity contribution is 7.98. The van der Waals surface area contributed by atoms with Crippen molar-refractivity contribution < 1.29 is 27.4 Å². The lowest BCUT2D eigenvalue weighted by Crippen LogP contribution is -2.24. The molecule has 0 radical (unpaired) electrons. The third-order valence-corrected chi connectivity index (χ3v) is 6.62. The first-order chi connectivity index (χ1) is 17.2. The van der Waals surface area contributed by atoms with Crippen LogP contribution in [0.3, 0.4) is 0 Å². The summed E-state index contributed by atoms with van der Waals surface area (Å²) in [5, 5.41) is 9.90. The highest BCUT2D eigenvalue weighted by Crippen LogP contribution is 2.33. The lowest BCUT2D eigenvalue weighted by atomic mass is 10.1. The third kappa shape index (κ3) is 5.43. The minimum atomic E-state index is -4.46. The van der Waals surface area contributed by atoms with Gasteiger partial charge in [-0.3, -0.25) is 5.41 Å². The number of thioether (sulfide) groups is 1. The van der Waals surface area contributed by atoms with Gasteiger partial charge in [-0.25, -0.2) is 4.98 Å². The van der Waals surface area contributed by atoms with E-state index in [0.29, 0.717) is 38.9 Å². The molecule has 0 aliphatic heterocycles. The van der Waals surface area contributed by atoms with E-state index >= 15 is 0 Å². The molecule has 0 atom stereocenters. The third-order valence-electron chi connectivity index (χ3n) is 5.57. The fraction of sp³-hybridized carbons (Fsp3) is 0.231. The van der Waals surface area contributed by atoms with Gasteiger partial charge in [0.2, 0.25) is 0 Å². The van der Waals surface area contributed by atoms with Crippen molar-refractivity contribution in [2.24, 2.45) is 0 Å². The fourth-order valence-corrected chi connectivity index (χ4v) is 4.70. The largest absolute Gasteiger partial charge is 0.497 e. The molecule has 0 fully saturated rings. The highest BCUT2D eigenvalue weighted by Gasteiger charge is 2.30. The molecule has 4 aromatic rings. The minimum Gasteiger partial charge on any atom is -0.497 e. The molecule has 0 aliphatic carbocycles. The van der Waals surface area contributed by atoms with Gasteiger partial charge in [0, 0.05) is 17.2 Å². The van der Waals surface area contributed by atoms with Gasteiger partial charge in [-0.15, -0.1) is 0 Å². The summed E-state index contributed by atoms with van der Waals surface area (Å²) in [6.07, 6.45) is -4.46. The van der Waals surface area contributed by atoms with Gasteiger partial charge in [0.15, 0.2) is 16.7 Å². The first kappa shape index (κ1) is 25.4. The summed E-state index contributed by atoms with van der Waals surface area (Å²) in [4.78, 5) is 4.76. The van der Waals surface area contributed by atoms with Gasteiger partial charge in [0.05, 0.1) is 39.0 Å². The van der Waals surface area contributed by atoms with E-state index in [1.807, 2.05) is 24.3 Å². The van der Waals surface area contributed by atoms with Crippen LogP contribution in [-0.4, -0.2) is 30.9 Å². The van der Waals surface area contributed by atoms with E-state index in [4.69, 9.17) is 24.6 Å². The molecule has 0 aliphatic rings. The Hall–Kier alpha value is -3.66. The van der Waals surface area contributed by atoms with Crippen LogP contribution in [0.4, 0.5) is 13.2 Å². The van der Waals surface area contributed by atoms with Gasteiger partial charge in [-0.1, -0.05) is 36.0 Å². The maximum Gasteiger partial charge on any atom is 0.416 e. The molecule has 188 valence electrons. The smallest absolute Gasteiger partial charge is 0.416 e. The van der Waals surface area contributed by atoms with E-state index in [1.165, 1.54) is 32.0 Å². The molecule has 0 saturated heterocycles. The van der Waals surface area contributed by atoms with Gasteiger partial charge < -0.3 is 18.8 Å². The van der Waals surface area contributed by atoms with Gasteiger partial charge in [0.25, 0.3) is 0 Å². The molecular weight excluding hydrogens is 491 g/mol. The SMILES string of the molecule is COc1cccc(CSc2nc3cc(OC)c(OC)cc3c(=N)n2Cc2cccc(C(F)(F)F)c2)c1. The number of nitrogens with zero attached hydrogens (tertiary/aromatic N) is 2. The molecule has 1 aromatic heterocycles. The number of rotatable bonds is 8. The second-order valence-electron chi connectivity index (χ2n) is 7.89. The average molecular weight is 516 g/mol. The van der Waals surface area contributed by atoms with E-state index < -0.39 is 11.7 Å². The standard InChI is InChI=1S/C26H24F3N3O3S/c1-33-19-9-5-7-17(11-19)15-36-25-31-21-13-23(35-3)22(34-2)12-20(21)24(30)32(25)14-16-6-4-8-18(10-16)26(27,28)29/h4-13,30H,14-15H2,1-3H3. The zero-order chi connectivity index (χ0) is 25.9. The van der Waals surface area contributed by atoms with Crippen molar-refractivity contribution in [1.29, 1.82) is 5.41 Å². The molecule has 36 heavy (non-hydrogen) atoms. The number of hydrogen-bond acceptors (Lipinski definition) is 6. The number of hydrogen-bond donors (Lipinski definition) is 1. The highest BCUT2D eigenvalue weighted by atomic mass is 32.2. The molecule has 4 rings (SSSR count). The van der Waals surface area contributed by atoms with E-state index in [2.05, 4.69) is 0 Å². The van der Waals surface area contributed by atoms with E-state index in [0.717, 1.165) is 23.4 Å². The maximum absolute atomic E-state index is 13.3. The number of nitrogens with one attached hydrogen (secondary N) is 1. The molecule has 0 saturated carbocycles. The summed E-state index contributed by atoms with van der Waals surface area (Å²) in [6, 6.07) is 16.0. The topological polar surface area (TPSA) is 69.4 Å². The van der Waals surface area contributed by atoms with Crippen LogP contribution in [0.2, 0.25) is 0 Å².